The molecule has 1 heterocycles. The van der Waals surface area contributed by atoms with E-state index in [1.807, 2.05) is 4.90 Å². The minimum atomic E-state index is -0.594. The highest BCUT2D eigenvalue weighted by atomic mass is 35.5. The zero-order valence-electron chi connectivity index (χ0n) is 17.6. The number of halogens is 4. The third-order valence-electron chi connectivity index (χ3n) is 5.61. The fourth-order valence-corrected chi connectivity index (χ4v) is 4.04. The van der Waals surface area contributed by atoms with Crippen LogP contribution in [-0.2, 0) is 16.0 Å². The summed E-state index contributed by atoms with van der Waals surface area (Å²) in [7, 11) is 0. The highest BCUT2D eigenvalue weighted by Crippen LogP contribution is 2.22. The van der Waals surface area contributed by atoms with E-state index in [9.17, 15) is 18.4 Å². The van der Waals surface area contributed by atoms with Gasteiger partial charge in [0.2, 0.25) is 0 Å². The molecule has 0 N–H and O–H groups in total. The van der Waals surface area contributed by atoms with Crippen LogP contribution in [0.15, 0.2) is 36.4 Å². The quantitative estimate of drug-likeness (QED) is 0.446. The largest absolute Gasteiger partial charge is 0.486 e. The van der Waals surface area contributed by atoms with Crippen LogP contribution in [0.4, 0.5) is 8.78 Å². The molecular weight excluding hydrogens is 459 g/mol. The summed E-state index contributed by atoms with van der Waals surface area (Å²) in [5.74, 6) is -0.673. The number of hydrogen-bond acceptors (Lipinski definition) is 4. The maximum Gasteiger partial charge on any atom is 0.184 e. The molecule has 1 fully saturated rings. The van der Waals surface area contributed by atoms with E-state index in [0.717, 1.165) is 11.6 Å². The van der Waals surface area contributed by atoms with Gasteiger partial charge in [0.25, 0.3) is 0 Å². The Morgan fingerprint density at radius 3 is 2.31 bits per heavy atom. The van der Waals surface area contributed by atoms with Crippen LogP contribution in [0.25, 0.3) is 0 Å². The molecule has 1 aliphatic heterocycles. The Hall–Kier alpha value is -2.02. The van der Waals surface area contributed by atoms with E-state index in [1.54, 1.807) is 6.07 Å². The zero-order valence-corrected chi connectivity index (χ0v) is 19.1. The first-order chi connectivity index (χ1) is 15.3. The number of carbonyl (C=O) groups excluding carboxylic acids is 2. The van der Waals surface area contributed by atoms with Crippen LogP contribution in [0, 0.1) is 17.6 Å². The SMILES string of the molecule is O=C(COc1ccc(Cl)c(F)c1)CN1CCC(C(=O)CCCc2ccc(Cl)c(F)c2)CC1. The Morgan fingerprint density at radius 1 is 1.00 bits per heavy atom. The Balaban J connectivity index is 1.33. The molecule has 0 aromatic heterocycles. The van der Waals surface area contributed by atoms with E-state index in [1.165, 1.54) is 24.3 Å². The Kier molecular flexibility index (Phi) is 9.02. The van der Waals surface area contributed by atoms with Crippen LogP contribution in [0.2, 0.25) is 10.0 Å². The molecule has 172 valence electrons. The summed E-state index contributed by atoms with van der Waals surface area (Å²) in [6.07, 6.45) is 3.18. The van der Waals surface area contributed by atoms with Crippen molar-refractivity contribution in [1.29, 1.82) is 0 Å². The van der Waals surface area contributed by atoms with Crippen molar-refractivity contribution in [3.8, 4) is 5.75 Å². The van der Waals surface area contributed by atoms with Gasteiger partial charge in [-0.05, 0) is 68.6 Å². The lowest BCUT2D eigenvalue weighted by Gasteiger charge is -2.30. The molecule has 0 saturated carbocycles. The van der Waals surface area contributed by atoms with Crippen molar-refractivity contribution in [2.75, 3.05) is 26.2 Å². The van der Waals surface area contributed by atoms with Crippen LogP contribution in [0.5, 0.6) is 5.75 Å². The van der Waals surface area contributed by atoms with E-state index < -0.39 is 11.6 Å². The van der Waals surface area contributed by atoms with Gasteiger partial charge in [0, 0.05) is 18.4 Å². The predicted molar refractivity (Wildman–Crippen MR) is 120 cm³/mol. The number of hydrogen-bond donors (Lipinski definition) is 0. The second-order valence-corrected chi connectivity index (χ2v) is 8.84. The van der Waals surface area contributed by atoms with Crippen LogP contribution in [0.1, 0.15) is 31.2 Å². The van der Waals surface area contributed by atoms with Crippen LogP contribution >= 0.6 is 23.2 Å². The summed E-state index contributed by atoms with van der Waals surface area (Å²) < 4.78 is 32.3. The summed E-state index contributed by atoms with van der Waals surface area (Å²) in [6.45, 7) is 1.42. The standard InChI is InChI=1S/C24H25Cl2F2NO3/c25-20-6-4-16(12-22(20)27)2-1-3-24(31)17-8-10-29(11-9-17)14-18(30)15-32-19-5-7-21(26)23(28)13-19/h4-7,12-13,17H,1-3,8-11,14-15H2. The molecule has 0 radical (unpaired) electrons. The van der Waals surface area contributed by atoms with Gasteiger partial charge in [0.05, 0.1) is 16.6 Å². The number of nitrogens with zero attached hydrogens (tertiary/aromatic N) is 1. The molecule has 3 rings (SSSR count). The minimum absolute atomic E-state index is 0.0000267. The third kappa shape index (κ3) is 7.26. The first-order valence-corrected chi connectivity index (χ1v) is 11.4. The number of ether oxygens (including phenoxy) is 1. The summed E-state index contributed by atoms with van der Waals surface area (Å²) >= 11 is 11.3. The van der Waals surface area contributed by atoms with E-state index in [-0.39, 0.29) is 46.4 Å². The highest BCUT2D eigenvalue weighted by molar-refractivity contribution is 6.31. The molecule has 0 spiro atoms. The number of piperidine rings is 1. The molecule has 0 atom stereocenters. The zero-order chi connectivity index (χ0) is 23.1. The van der Waals surface area contributed by atoms with Crippen LogP contribution < -0.4 is 4.74 Å². The molecule has 0 aliphatic carbocycles. The first-order valence-electron chi connectivity index (χ1n) is 10.6. The maximum absolute atomic E-state index is 13.5. The molecule has 1 saturated heterocycles. The topological polar surface area (TPSA) is 46.6 Å². The van der Waals surface area contributed by atoms with Gasteiger partial charge in [-0.15, -0.1) is 0 Å². The monoisotopic (exact) mass is 483 g/mol. The van der Waals surface area contributed by atoms with Gasteiger partial charge in [-0.25, -0.2) is 8.78 Å². The second kappa shape index (κ2) is 11.7. The lowest BCUT2D eigenvalue weighted by Crippen LogP contribution is -2.40. The van der Waals surface area contributed by atoms with Crippen molar-refractivity contribution >= 4 is 34.8 Å². The maximum atomic E-state index is 13.5. The molecule has 0 bridgehead atoms. The summed E-state index contributed by atoms with van der Waals surface area (Å²) in [4.78, 5) is 26.7. The predicted octanol–water partition coefficient (Wildman–Crippen LogP) is 5.52. The Labute approximate surface area is 196 Å². The molecule has 2 aromatic rings. The van der Waals surface area contributed by atoms with Gasteiger partial charge in [0.1, 0.15) is 29.8 Å². The fraction of sp³-hybridized carbons (Fsp3) is 0.417. The number of likely N-dealkylation sites (tertiary alicyclic amines) is 1. The number of Topliss-reactive ketones (excluding diaryl/α,β-unsaturated/α-hetero) is 2. The van der Waals surface area contributed by atoms with Crippen LogP contribution in [-0.4, -0.2) is 42.7 Å². The van der Waals surface area contributed by atoms with Crippen molar-refractivity contribution in [2.24, 2.45) is 5.92 Å². The summed E-state index contributed by atoms with van der Waals surface area (Å²) in [5.41, 5.74) is 0.830. The molecule has 0 amide bonds. The molecular formula is C24H25Cl2F2NO3. The van der Waals surface area contributed by atoms with Crippen LogP contribution in [0.3, 0.4) is 0 Å². The number of ketones is 2. The van der Waals surface area contributed by atoms with E-state index in [0.29, 0.717) is 45.2 Å². The number of rotatable bonds is 10. The average Bonchev–Trinajstić information content (AvgIpc) is 2.77. The second-order valence-electron chi connectivity index (χ2n) is 8.02. The van der Waals surface area contributed by atoms with E-state index in [4.69, 9.17) is 27.9 Å². The highest BCUT2D eigenvalue weighted by Gasteiger charge is 2.25. The van der Waals surface area contributed by atoms with Gasteiger partial charge in [0.15, 0.2) is 5.78 Å². The third-order valence-corrected chi connectivity index (χ3v) is 6.22. The van der Waals surface area contributed by atoms with Crippen molar-refractivity contribution < 1.29 is 23.1 Å². The Bertz CT molecular complexity index is 962. The summed E-state index contributed by atoms with van der Waals surface area (Å²) in [5, 5.41) is 0.0977. The van der Waals surface area contributed by atoms with E-state index in [2.05, 4.69) is 0 Å². The van der Waals surface area contributed by atoms with Crippen molar-refractivity contribution in [3.05, 3.63) is 63.6 Å². The Morgan fingerprint density at radius 2 is 1.66 bits per heavy atom. The van der Waals surface area contributed by atoms with Crippen molar-refractivity contribution in [1.82, 2.24) is 4.90 Å². The number of benzene rings is 2. The van der Waals surface area contributed by atoms with Gasteiger partial charge >= 0.3 is 0 Å². The smallest absolute Gasteiger partial charge is 0.184 e. The molecule has 32 heavy (non-hydrogen) atoms. The average molecular weight is 484 g/mol. The molecule has 0 unspecified atom stereocenters. The molecule has 2 aromatic carbocycles. The fourth-order valence-electron chi connectivity index (χ4n) is 3.80. The van der Waals surface area contributed by atoms with Crippen molar-refractivity contribution in [3.63, 3.8) is 0 Å². The lowest BCUT2D eigenvalue weighted by molar-refractivity contribution is -0.125. The lowest BCUT2D eigenvalue weighted by atomic mass is 9.89. The first kappa shape index (κ1) is 24.6. The molecule has 4 nitrogen and oxygen atoms in total. The van der Waals surface area contributed by atoms with Gasteiger partial charge in [-0.1, -0.05) is 29.3 Å². The van der Waals surface area contributed by atoms with Crippen molar-refractivity contribution in [2.45, 2.75) is 32.1 Å². The van der Waals surface area contributed by atoms with Gasteiger partial charge in [-0.2, -0.15) is 0 Å². The molecule has 1 aliphatic rings. The summed E-state index contributed by atoms with van der Waals surface area (Å²) in [6, 6.07) is 8.76. The minimum Gasteiger partial charge on any atom is -0.486 e. The molecule has 8 heteroatoms. The van der Waals surface area contributed by atoms with E-state index >= 15 is 0 Å². The number of aryl methyl sites for hydroxylation is 1. The normalized spacial score (nSPS) is 15.0. The number of carbonyl (C=O) groups is 2. The van der Waals surface area contributed by atoms with Gasteiger partial charge < -0.3 is 4.74 Å². The van der Waals surface area contributed by atoms with Gasteiger partial charge in [-0.3, -0.25) is 14.5 Å².